The lowest BCUT2D eigenvalue weighted by Gasteiger charge is -2.30. The Hall–Kier alpha value is -0.120. The van der Waals surface area contributed by atoms with Crippen LogP contribution >= 0.6 is 0 Å². The first-order chi connectivity index (χ1) is 6.24. The van der Waals surface area contributed by atoms with Gasteiger partial charge in [-0.05, 0) is 32.7 Å². The number of likely N-dealkylation sites (N-methyl/N-ethyl adjacent to an activating group) is 1. The number of nitrogens with zero attached hydrogens (tertiary/aromatic N) is 1. The van der Waals surface area contributed by atoms with E-state index in [1.165, 1.54) is 19.4 Å². The molecule has 0 amide bonds. The predicted octanol–water partition coefficient (Wildman–Crippen LogP) is 0.692. The maximum atomic E-state index is 5.61. The first-order valence-electron chi connectivity index (χ1n) is 5.22. The first kappa shape index (κ1) is 11.0. The van der Waals surface area contributed by atoms with E-state index in [9.17, 15) is 0 Å². The van der Waals surface area contributed by atoms with E-state index in [2.05, 4.69) is 18.9 Å². The minimum absolute atomic E-state index is 0.503. The van der Waals surface area contributed by atoms with Crippen LogP contribution in [0.15, 0.2) is 0 Å². The number of nitrogens with two attached hydrogens (primary N) is 1. The maximum absolute atomic E-state index is 5.61. The van der Waals surface area contributed by atoms with E-state index in [1.807, 2.05) is 0 Å². The van der Waals surface area contributed by atoms with Crippen molar-refractivity contribution in [2.24, 2.45) is 11.7 Å². The molecule has 1 rings (SSSR count). The zero-order valence-corrected chi connectivity index (χ0v) is 8.83. The molecule has 0 aliphatic carbocycles. The quantitative estimate of drug-likeness (QED) is 0.702. The molecule has 1 saturated heterocycles. The summed E-state index contributed by atoms with van der Waals surface area (Å²) in [5.74, 6) is 0.813. The molecular formula is C10H22N2O. The molecule has 78 valence electrons. The average Bonchev–Trinajstić information content (AvgIpc) is 2.18. The van der Waals surface area contributed by atoms with E-state index in [1.54, 1.807) is 0 Å². The summed E-state index contributed by atoms with van der Waals surface area (Å²) in [4.78, 5) is 2.36. The molecule has 0 saturated carbocycles. The molecule has 0 aromatic rings. The van der Waals surface area contributed by atoms with Crippen LogP contribution in [0.25, 0.3) is 0 Å². The molecule has 3 nitrogen and oxygen atoms in total. The average molecular weight is 186 g/mol. The molecular weight excluding hydrogens is 164 g/mol. The van der Waals surface area contributed by atoms with Gasteiger partial charge in [0.15, 0.2) is 0 Å². The van der Waals surface area contributed by atoms with Crippen molar-refractivity contribution in [1.29, 1.82) is 0 Å². The summed E-state index contributed by atoms with van der Waals surface area (Å²) in [6, 6.07) is 0.503. The van der Waals surface area contributed by atoms with Gasteiger partial charge in [0.1, 0.15) is 0 Å². The zero-order valence-electron chi connectivity index (χ0n) is 8.83. The lowest BCUT2D eigenvalue weighted by molar-refractivity contribution is 0.0518. The Morgan fingerprint density at radius 2 is 2.08 bits per heavy atom. The third-order valence-corrected chi connectivity index (χ3v) is 2.98. The van der Waals surface area contributed by atoms with E-state index >= 15 is 0 Å². The highest BCUT2D eigenvalue weighted by atomic mass is 16.5. The molecule has 1 aliphatic heterocycles. The Morgan fingerprint density at radius 3 is 2.62 bits per heavy atom. The highest BCUT2D eigenvalue weighted by Crippen LogP contribution is 2.16. The monoisotopic (exact) mass is 186 g/mol. The molecule has 0 radical (unpaired) electrons. The van der Waals surface area contributed by atoms with Crippen LogP contribution in [0.4, 0.5) is 0 Å². The Balaban J connectivity index is 2.21. The summed E-state index contributed by atoms with van der Waals surface area (Å²) in [5, 5.41) is 0. The molecule has 0 spiro atoms. The Labute approximate surface area is 81.2 Å². The summed E-state index contributed by atoms with van der Waals surface area (Å²) >= 11 is 0. The molecule has 1 fully saturated rings. The number of hydrogen-bond donors (Lipinski definition) is 1. The lowest BCUT2D eigenvalue weighted by atomic mass is 9.99. The van der Waals surface area contributed by atoms with Gasteiger partial charge in [-0.15, -0.1) is 0 Å². The van der Waals surface area contributed by atoms with Crippen molar-refractivity contribution >= 4 is 0 Å². The fourth-order valence-electron chi connectivity index (χ4n) is 1.70. The summed E-state index contributed by atoms with van der Waals surface area (Å²) < 4.78 is 5.32. The number of hydrogen-bond acceptors (Lipinski definition) is 3. The summed E-state index contributed by atoms with van der Waals surface area (Å²) in [5.41, 5.74) is 5.61. The molecule has 1 unspecified atom stereocenters. The Kier molecular flexibility index (Phi) is 4.70. The standard InChI is InChI=1S/C10H22N2O/c1-9(7-11)12(2)8-10-3-5-13-6-4-10/h9-10H,3-8,11H2,1-2H3. The third kappa shape index (κ3) is 3.63. The SMILES string of the molecule is CC(CN)N(C)CC1CCOCC1. The second kappa shape index (κ2) is 5.58. The number of ether oxygens (including phenoxy) is 1. The Morgan fingerprint density at radius 1 is 1.46 bits per heavy atom. The molecule has 0 aromatic carbocycles. The number of rotatable bonds is 4. The van der Waals surface area contributed by atoms with Crippen molar-refractivity contribution in [2.45, 2.75) is 25.8 Å². The highest BCUT2D eigenvalue weighted by molar-refractivity contribution is 4.71. The van der Waals surface area contributed by atoms with Gasteiger partial charge in [0.25, 0.3) is 0 Å². The third-order valence-electron chi connectivity index (χ3n) is 2.98. The van der Waals surface area contributed by atoms with Crippen LogP contribution in [-0.4, -0.2) is 44.3 Å². The van der Waals surface area contributed by atoms with Crippen molar-refractivity contribution in [3.8, 4) is 0 Å². The van der Waals surface area contributed by atoms with Crippen molar-refractivity contribution in [3.05, 3.63) is 0 Å². The lowest BCUT2D eigenvalue weighted by Crippen LogP contribution is -2.39. The fraction of sp³-hybridized carbons (Fsp3) is 1.00. The van der Waals surface area contributed by atoms with E-state index in [4.69, 9.17) is 10.5 Å². The predicted molar refractivity (Wildman–Crippen MR) is 54.7 cm³/mol. The molecule has 1 aliphatic rings. The molecule has 1 heterocycles. The minimum atomic E-state index is 0.503. The van der Waals surface area contributed by atoms with Crippen LogP contribution in [0.2, 0.25) is 0 Å². The Bertz CT molecular complexity index is 135. The van der Waals surface area contributed by atoms with E-state index in [-0.39, 0.29) is 0 Å². The summed E-state index contributed by atoms with van der Waals surface area (Å²) in [6.07, 6.45) is 2.42. The maximum Gasteiger partial charge on any atom is 0.0469 e. The van der Waals surface area contributed by atoms with Crippen molar-refractivity contribution < 1.29 is 4.74 Å². The molecule has 13 heavy (non-hydrogen) atoms. The van der Waals surface area contributed by atoms with Crippen LogP contribution in [-0.2, 0) is 4.74 Å². The first-order valence-corrected chi connectivity index (χ1v) is 5.22. The van der Waals surface area contributed by atoms with Gasteiger partial charge in [-0.3, -0.25) is 0 Å². The van der Waals surface area contributed by atoms with Crippen LogP contribution in [0.1, 0.15) is 19.8 Å². The van der Waals surface area contributed by atoms with Crippen molar-refractivity contribution in [3.63, 3.8) is 0 Å². The van der Waals surface area contributed by atoms with Crippen LogP contribution in [0.5, 0.6) is 0 Å². The molecule has 2 N–H and O–H groups in total. The zero-order chi connectivity index (χ0) is 9.68. The van der Waals surface area contributed by atoms with Gasteiger partial charge >= 0.3 is 0 Å². The van der Waals surface area contributed by atoms with Crippen LogP contribution < -0.4 is 5.73 Å². The molecule has 0 bridgehead atoms. The molecule has 3 heteroatoms. The van der Waals surface area contributed by atoms with Gasteiger partial charge in [-0.1, -0.05) is 0 Å². The largest absolute Gasteiger partial charge is 0.381 e. The smallest absolute Gasteiger partial charge is 0.0469 e. The summed E-state index contributed by atoms with van der Waals surface area (Å²) in [7, 11) is 2.16. The van der Waals surface area contributed by atoms with Gasteiger partial charge in [-0.2, -0.15) is 0 Å². The van der Waals surface area contributed by atoms with Crippen LogP contribution in [0, 0.1) is 5.92 Å². The van der Waals surface area contributed by atoms with Crippen molar-refractivity contribution in [2.75, 3.05) is 33.4 Å². The van der Waals surface area contributed by atoms with Crippen LogP contribution in [0.3, 0.4) is 0 Å². The second-order valence-electron chi connectivity index (χ2n) is 4.08. The molecule has 1 atom stereocenters. The van der Waals surface area contributed by atoms with E-state index in [0.29, 0.717) is 6.04 Å². The van der Waals surface area contributed by atoms with Gasteiger partial charge in [0.2, 0.25) is 0 Å². The second-order valence-corrected chi connectivity index (χ2v) is 4.08. The van der Waals surface area contributed by atoms with E-state index < -0.39 is 0 Å². The van der Waals surface area contributed by atoms with Gasteiger partial charge in [0.05, 0.1) is 0 Å². The fourth-order valence-corrected chi connectivity index (χ4v) is 1.70. The topological polar surface area (TPSA) is 38.5 Å². The minimum Gasteiger partial charge on any atom is -0.381 e. The van der Waals surface area contributed by atoms with Gasteiger partial charge < -0.3 is 15.4 Å². The van der Waals surface area contributed by atoms with Crippen molar-refractivity contribution in [1.82, 2.24) is 4.90 Å². The normalized spacial score (nSPS) is 22.2. The van der Waals surface area contributed by atoms with E-state index in [0.717, 1.165) is 25.7 Å². The van der Waals surface area contributed by atoms with Gasteiger partial charge in [-0.25, -0.2) is 0 Å². The summed E-state index contributed by atoms with van der Waals surface area (Å²) in [6.45, 7) is 5.98. The highest BCUT2D eigenvalue weighted by Gasteiger charge is 2.17. The van der Waals surface area contributed by atoms with Gasteiger partial charge in [0, 0.05) is 32.3 Å². The molecule has 0 aromatic heterocycles.